The second-order valence-corrected chi connectivity index (χ2v) is 6.37. The van der Waals surface area contributed by atoms with Gasteiger partial charge in [0, 0.05) is 30.2 Å². The number of carbonyl (C=O) groups is 2. The number of amides is 1. The van der Waals surface area contributed by atoms with Crippen LogP contribution in [0.1, 0.15) is 49.0 Å². The fraction of sp³-hybridized carbons (Fsp3) is 0.474. The highest BCUT2D eigenvalue weighted by atomic mass is 16.5. The van der Waals surface area contributed by atoms with Gasteiger partial charge in [0.15, 0.2) is 0 Å². The molecule has 0 aliphatic carbocycles. The first-order chi connectivity index (χ1) is 11.6. The van der Waals surface area contributed by atoms with Crippen molar-refractivity contribution in [1.82, 2.24) is 9.47 Å². The molecule has 1 aromatic heterocycles. The van der Waals surface area contributed by atoms with Gasteiger partial charge in [-0.15, -0.1) is 0 Å². The molecule has 0 N–H and O–H groups in total. The van der Waals surface area contributed by atoms with Crippen LogP contribution in [-0.4, -0.2) is 41.5 Å². The van der Waals surface area contributed by atoms with Crippen LogP contribution in [0.25, 0.3) is 10.9 Å². The standard InChI is InChI=1S/C19H24N2O3/c1-14(18(22)20-11-7-3-4-8-12-20)21-13-16(19(23)24-2)15-9-5-6-10-17(15)21/h5-6,9-10,13-14H,3-4,7-8,11-12H2,1-2H3/t14-/m1/s1. The fourth-order valence-electron chi connectivity index (χ4n) is 3.47. The molecule has 3 rings (SSSR count). The van der Waals surface area contributed by atoms with E-state index in [-0.39, 0.29) is 17.9 Å². The third kappa shape index (κ3) is 3.03. The van der Waals surface area contributed by atoms with Crippen molar-refractivity contribution in [3.63, 3.8) is 0 Å². The Hall–Kier alpha value is -2.30. The van der Waals surface area contributed by atoms with Gasteiger partial charge in [0.05, 0.1) is 12.7 Å². The molecule has 0 bridgehead atoms. The summed E-state index contributed by atoms with van der Waals surface area (Å²) in [5.41, 5.74) is 1.39. The zero-order valence-electron chi connectivity index (χ0n) is 14.3. The van der Waals surface area contributed by atoms with E-state index in [4.69, 9.17) is 4.74 Å². The monoisotopic (exact) mass is 328 g/mol. The Labute approximate surface area is 142 Å². The average molecular weight is 328 g/mol. The van der Waals surface area contributed by atoms with Crippen molar-refractivity contribution < 1.29 is 14.3 Å². The first-order valence-electron chi connectivity index (χ1n) is 8.60. The minimum absolute atomic E-state index is 0.120. The molecule has 0 radical (unpaired) electrons. The molecule has 5 nitrogen and oxygen atoms in total. The SMILES string of the molecule is COC(=O)c1cn([C@H](C)C(=O)N2CCCCCC2)c2ccccc12. The van der Waals surface area contributed by atoms with Crippen molar-refractivity contribution in [1.29, 1.82) is 0 Å². The molecule has 0 unspecified atom stereocenters. The van der Waals surface area contributed by atoms with Crippen molar-refractivity contribution in [2.24, 2.45) is 0 Å². The van der Waals surface area contributed by atoms with Crippen LogP contribution < -0.4 is 0 Å². The molecular weight excluding hydrogens is 304 g/mol. The van der Waals surface area contributed by atoms with Gasteiger partial charge in [0.1, 0.15) is 6.04 Å². The molecule has 128 valence electrons. The molecule has 2 aromatic rings. The van der Waals surface area contributed by atoms with Crippen molar-refractivity contribution in [3.05, 3.63) is 36.0 Å². The van der Waals surface area contributed by atoms with Gasteiger partial charge in [-0.25, -0.2) is 4.79 Å². The fourth-order valence-corrected chi connectivity index (χ4v) is 3.47. The second-order valence-electron chi connectivity index (χ2n) is 6.37. The summed E-state index contributed by atoms with van der Waals surface area (Å²) in [5, 5.41) is 0.819. The van der Waals surface area contributed by atoms with E-state index in [2.05, 4.69) is 0 Å². The van der Waals surface area contributed by atoms with Crippen molar-refractivity contribution in [2.75, 3.05) is 20.2 Å². The first kappa shape index (κ1) is 16.6. The van der Waals surface area contributed by atoms with E-state index in [1.807, 2.05) is 40.7 Å². The van der Waals surface area contributed by atoms with E-state index in [1.54, 1.807) is 6.20 Å². The number of aromatic nitrogens is 1. The van der Waals surface area contributed by atoms with E-state index < -0.39 is 0 Å². The maximum atomic E-state index is 12.9. The smallest absolute Gasteiger partial charge is 0.340 e. The average Bonchev–Trinajstić information content (AvgIpc) is 2.80. The Bertz CT molecular complexity index is 742. The summed E-state index contributed by atoms with van der Waals surface area (Å²) in [6.45, 7) is 3.55. The largest absolute Gasteiger partial charge is 0.465 e. The van der Waals surface area contributed by atoms with Gasteiger partial charge in [-0.1, -0.05) is 31.0 Å². The second kappa shape index (κ2) is 7.07. The Morgan fingerprint density at radius 3 is 2.42 bits per heavy atom. The number of benzene rings is 1. The van der Waals surface area contributed by atoms with E-state index in [0.29, 0.717) is 5.56 Å². The molecule has 24 heavy (non-hydrogen) atoms. The lowest BCUT2D eigenvalue weighted by molar-refractivity contribution is -0.134. The van der Waals surface area contributed by atoms with Crippen LogP contribution in [0.4, 0.5) is 0 Å². The Morgan fingerprint density at radius 2 is 1.75 bits per heavy atom. The quantitative estimate of drug-likeness (QED) is 0.812. The summed E-state index contributed by atoms with van der Waals surface area (Å²) in [6, 6.07) is 7.30. The number of para-hydroxylation sites is 1. The van der Waals surface area contributed by atoms with Crippen LogP contribution in [-0.2, 0) is 9.53 Å². The summed E-state index contributed by atoms with van der Waals surface area (Å²) in [7, 11) is 1.38. The van der Waals surface area contributed by atoms with Gasteiger partial charge < -0.3 is 14.2 Å². The third-order valence-electron chi connectivity index (χ3n) is 4.84. The number of hydrogen-bond donors (Lipinski definition) is 0. The molecule has 1 amide bonds. The van der Waals surface area contributed by atoms with Gasteiger partial charge in [0.25, 0.3) is 0 Å². The highest BCUT2D eigenvalue weighted by Gasteiger charge is 2.25. The van der Waals surface area contributed by atoms with E-state index >= 15 is 0 Å². The number of carbonyl (C=O) groups excluding carboxylic acids is 2. The van der Waals surface area contributed by atoms with Gasteiger partial charge in [-0.3, -0.25) is 4.79 Å². The molecular formula is C19H24N2O3. The number of ether oxygens (including phenoxy) is 1. The number of hydrogen-bond acceptors (Lipinski definition) is 3. The highest BCUT2D eigenvalue weighted by Crippen LogP contribution is 2.26. The lowest BCUT2D eigenvalue weighted by Crippen LogP contribution is -2.36. The number of methoxy groups -OCH3 is 1. The number of esters is 1. The molecule has 1 aliphatic rings. The Morgan fingerprint density at radius 1 is 1.08 bits per heavy atom. The molecule has 1 atom stereocenters. The minimum Gasteiger partial charge on any atom is -0.465 e. The molecule has 1 fully saturated rings. The molecule has 5 heteroatoms. The zero-order valence-corrected chi connectivity index (χ0v) is 14.3. The normalized spacial score (nSPS) is 16.7. The first-order valence-corrected chi connectivity index (χ1v) is 8.60. The van der Waals surface area contributed by atoms with Crippen LogP contribution in [0.2, 0.25) is 0 Å². The maximum absolute atomic E-state index is 12.9. The predicted octanol–water partition coefficient (Wildman–Crippen LogP) is 3.39. The number of nitrogens with zero attached hydrogens (tertiary/aromatic N) is 2. The van der Waals surface area contributed by atoms with Crippen molar-refractivity contribution in [3.8, 4) is 0 Å². The molecule has 0 saturated carbocycles. The van der Waals surface area contributed by atoms with Crippen LogP contribution in [0, 0.1) is 0 Å². The number of rotatable bonds is 3. The Kier molecular flexibility index (Phi) is 4.88. The lowest BCUT2D eigenvalue weighted by atomic mass is 10.2. The topological polar surface area (TPSA) is 51.5 Å². The molecule has 0 spiro atoms. The van der Waals surface area contributed by atoms with E-state index in [9.17, 15) is 9.59 Å². The number of likely N-dealkylation sites (tertiary alicyclic amines) is 1. The van der Waals surface area contributed by atoms with Gasteiger partial charge >= 0.3 is 5.97 Å². The molecule has 1 saturated heterocycles. The summed E-state index contributed by atoms with van der Waals surface area (Å²) < 4.78 is 6.78. The lowest BCUT2D eigenvalue weighted by Gasteiger charge is -2.25. The summed E-state index contributed by atoms with van der Waals surface area (Å²) in [6.07, 6.45) is 6.27. The molecule has 1 aromatic carbocycles. The van der Waals surface area contributed by atoms with Crippen molar-refractivity contribution in [2.45, 2.75) is 38.6 Å². The van der Waals surface area contributed by atoms with Gasteiger partial charge in [-0.05, 0) is 25.8 Å². The third-order valence-corrected chi connectivity index (χ3v) is 4.84. The van der Waals surface area contributed by atoms with E-state index in [0.717, 1.165) is 36.8 Å². The summed E-state index contributed by atoms with van der Waals surface area (Å²) in [5.74, 6) is -0.256. The summed E-state index contributed by atoms with van der Waals surface area (Å²) >= 11 is 0. The predicted molar refractivity (Wildman–Crippen MR) is 93.0 cm³/mol. The van der Waals surface area contributed by atoms with Crippen molar-refractivity contribution >= 4 is 22.8 Å². The zero-order chi connectivity index (χ0) is 17.1. The van der Waals surface area contributed by atoms with Crippen LogP contribution >= 0.6 is 0 Å². The number of fused-ring (bicyclic) bond motifs is 1. The molecule has 2 heterocycles. The highest BCUT2D eigenvalue weighted by molar-refractivity contribution is 6.04. The van der Waals surface area contributed by atoms with Crippen LogP contribution in [0.5, 0.6) is 0 Å². The molecule has 1 aliphatic heterocycles. The van der Waals surface area contributed by atoms with Crippen LogP contribution in [0.3, 0.4) is 0 Å². The van der Waals surface area contributed by atoms with E-state index in [1.165, 1.54) is 20.0 Å². The van der Waals surface area contributed by atoms with Gasteiger partial charge in [-0.2, -0.15) is 0 Å². The Balaban J connectivity index is 1.96. The van der Waals surface area contributed by atoms with Gasteiger partial charge in [0.2, 0.25) is 5.91 Å². The maximum Gasteiger partial charge on any atom is 0.340 e. The summed E-state index contributed by atoms with van der Waals surface area (Å²) in [4.78, 5) is 26.9. The van der Waals surface area contributed by atoms with Crippen LogP contribution in [0.15, 0.2) is 30.5 Å². The minimum atomic E-state index is -0.376.